The number of imide groups is 2. The lowest BCUT2D eigenvalue weighted by Gasteiger charge is -2.34. The summed E-state index contributed by atoms with van der Waals surface area (Å²) >= 11 is 0. The molecule has 542 valence electrons. The first-order chi connectivity index (χ1) is 48.8. The maximum atomic E-state index is 15.4. The summed E-state index contributed by atoms with van der Waals surface area (Å²) in [4.78, 5) is 212. The first-order valence-electron chi connectivity index (χ1n) is 33.8. The van der Waals surface area contributed by atoms with Crippen molar-refractivity contribution in [1.29, 1.82) is 0 Å². The van der Waals surface area contributed by atoms with Gasteiger partial charge in [-0.1, -0.05) is 104 Å². The van der Waals surface area contributed by atoms with Gasteiger partial charge >= 0.3 is 11.9 Å². The van der Waals surface area contributed by atoms with Gasteiger partial charge in [-0.2, -0.15) is 0 Å². The maximum absolute atomic E-state index is 15.4. The van der Waals surface area contributed by atoms with Crippen molar-refractivity contribution in [3.63, 3.8) is 0 Å². The Bertz CT molecular complexity index is 3860. The van der Waals surface area contributed by atoms with E-state index in [1.807, 2.05) is 6.92 Å². The van der Waals surface area contributed by atoms with Crippen molar-refractivity contribution in [2.75, 3.05) is 26.2 Å². The SMILES string of the molecule is CCCCN1C(=O)c2ccc3c4c(ccc(c24)C1=O)C(=O)N(C[C@H](NC(=O)[C@H](CCC(=O)O)NC(=O)[C@H](Cc1ccccc1)NC(=O)[C@H](CCCCN)NC(=O)[C@H](Cc1ccccc1)NC(C)=O)C(=O)N[C@@H](CCCCN)C(=O)N[C@@H](Cc1ccccc1)C(=O)N[C@@H](CCC(=O)O)C(N)=O)C3=O. The molecule has 0 saturated carbocycles. The molecule has 30 heteroatoms. The summed E-state index contributed by atoms with van der Waals surface area (Å²) in [6.45, 7) is 2.45. The molecule has 13 amide bonds. The van der Waals surface area contributed by atoms with Crippen molar-refractivity contribution in [2.45, 2.75) is 158 Å². The highest BCUT2D eigenvalue weighted by Gasteiger charge is 2.43. The smallest absolute Gasteiger partial charge is 0.303 e. The average Bonchev–Trinajstić information content (AvgIpc) is 0.713. The molecule has 0 radical (unpaired) electrons. The van der Waals surface area contributed by atoms with Gasteiger partial charge in [-0.05, 0) is 112 Å². The van der Waals surface area contributed by atoms with E-state index >= 15 is 9.59 Å². The van der Waals surface area contributed by atoms with E-state index in [4.69, 9.17) is 17.2 Å². The minimum atomic E-state index is -2.13. The van der Waals surface area contributed by atoms with Crippen molar-refractivity contribution in [2.24, 2.45) is 17.2 Å². The number of primary amides is 1. The molecule has 8 atom stereocenters. The number of carbonyl (C=O) groups is 15. The van der Waals surface area contributed by atoms with Crippen LogP contribution in [-0.4, -0.2) is 183 Å². The second-order valence-electron chi connectivity index (χ2n) is 25.0. The van der Waals surface area contributed by atoms with Gasteiger partial charge in [0.25, 0.3) is 23.6 Å². The van der Waals surface area contributed by atoms with Crippen LogP contribution in [0.1, 0.15) is 149 Å². The predicted molar refractivity (Wildman–Crippen MR) is 370 cm³/mol. The Balaban J connectivity index is 1.25. The molecule has 7 rings (SSSR count). The third kappa shape index (κ3) is 21.4. The standard InChI is InChI=1S/C72H87N13O17/c1-3-4-36-84-69(99)45-26-28-47-60-48(29-27-46(59(45)60)70(84)100)72(102)85(71(47)101)40-56(68(98)79-51(25-15-17-35-74)63(93)81-54(38-43-20-10-6-11-21-43)66(96)77-49(61(75)91)30-32-57(87)88)83-64(94)52(31-33-58(89)90)80-67(97)55(39-44-22-12-7-13-23-44)82-62(92)50(24-14-16-34-73)78-65(95)53(76-41(2)86)37-42-18-8-5-9-19-42/h5-13,18-23,26-29,49-56H,3-4,14-17,24-25,30-40,73-74H2,1-2H3,(H2,75,91)(H,76,86)(H,77,96)(H,78,95)(H,79,98)(H,80,97)(H,81,93)(H,82,92)(H,83,94)(H,87,88)(H,89,90)/t49-,50-,51-,52-,53-,54-,55-,56-/m0/s1. The Kier molecular flexibility index (Phi) is 28.9. The van der Waals surface area contributed by atoms with Crippen molar-refractivity contribution in [1.82, 2.24) is 52.3 Å². The van der Waals surface area contributed by atoms with Gasteiger partial charge in [0.1, 0.15) is 48.3 Å². The third-order valence-electron chi connectivity index (χ3n) is 17.4. The fraction of sp³-hybridized carbons (Fsp3) is 0.403. The Hall–Kier alpha value is -11.3. The summed E-state index contributed by atoms with van der Waals surface area (Å²) in [5, 5.41) is 40.0. The highest BCUT2D eigenvalue weighted by Crippen LogP contribution is 2.38. The van der Waals surface area contributed by atoms with Crippen LogP contribution in [0.5, 0.6) is 0 Å². The highest BCUT2D eigenvalue weighted by atomic mass is 16.4. The van der Waals surface area contributed by atoms with Crippen LogP contribution in [0.3, 0.4) is 0 Å². The van der Waals surface area contributed by atoms with Crippen LogP contribution in [0, 0.1) is 0 Å². The fourth-order valence-corrected chi connectivity index (χ4v) is 12.0. The van der Waals surface area contributed by atoms with Gasteiger partial charge in [0.05, 0.1) is 6.54 Å². The van der Waals surface area contributed by atoms with E-state index in [1.54, 1.807) is 91.0 Å². The number of hydrogen-bond donors (Lipinski definition) is 13. The Morgan fingerprint density at radius 2 is 0.686 bits per heavy atom. The Morgan fingerprint density at radius 1 is 0.382 bits per heavy atom. The zero-order valence-electron chi connectivity index (χ0n) is 56.7. The number of aliphatic carboxylic acids is 2. The lowest BCUT2D eigenvalue weighted by atomic mass is 9.85. The summed E-state index contributed by atoms with van der Waals surface area (Å²) in [6.07, 6.45) is -0.942. The average molecular weight is 1410 g/mol. The van der Waals surface area contributed by atoms with Crippen molar-refractivity contribution in [3.8, 4) is 0 Å². The van der Waals surface area contributed by atoms with Crippen molar-refractivity contribution < 1.29 is 82.1 Å². The zero-order chi connectivity index (χ0) is 74.2. The third-order valence-corrected chi connectivity index (χ3v) is 17.4. The van der Waals surface area contributed by atoms with Crippen LogP contribution in [0.25, 0.3) is 10.8 Å². The molecule has 16 N–H and O–H groups in total. The minimum Gasteiger partial charge on any atom is -0.481 e. The fourth-order valence-electron chi connectivity index (χ4n) is 12.0. The molecule has 2 aliphatic rings. The quantitative estimate of drug-likeness (QED) is 0.0191. The van der Waals surface area contributed by atoms with E-state index in [2.05, 4.69) is 42.5 Å². The molecule has 0 aromatic heterocycles. The highest BCUT2D eigenvalue weighted by molar-refractivity contribution is 6.33. The van der Waals surface area contributed by atoms with E-state index in [9.17, 15) is 72.5 Å². The molecule has 0 aliphatic carbocycles. The summed E-state index contributed by atoms with van der Waals surface area (Å²) in [5.41, 5.74) is 18.6. The molecule has 0 saturated heterocycles. The Morgan fingerprint density at radius 3 is 1.03 bits per heavy atom. The van der Waals surface area contributed by atoms with Crippen LogP contribution in [-0.2, 0) is 72.0 Å². The molecular weight excluding hydrogens is 1320 g/mol. The van der Waals surface area contributed by atoms with Gasteiger partial charge in [-0.25, -0.2) is 0 Å². The largest absolute Gasteiger partial charge is 0.481 e. The number of nitrogens with two attached hydrogens (primary N) is 3. The van der Waals surface area contributed by atoms with Gasteiger partial charge in [0.15, 0.2) is 0 Å². The number of nitrogens with zero attached hydrogens (tertiary/aromatic N) is 2. The van der Waals surface area contributed by atoms with Gasteiger partial charge in [-0.15, -0.1) is 0 Å². The summed E-state index contributed by atoms with van der Waals surface area (Å²) in [6, 6.07) is 17.6. The molecule has 30 nitrogen and oxygen atoms in total. The van der Waals surface area contributed by atoms with Crippen LogP contribution in [0.2, 0.25) is 0 Å². The number of hydrogen-bond acceptors (Lipinski definition) is 17. The summed E-state index contributed by atoms with van der Waals surface area (Å²) < 4.78 is 0. The number of carbonyl (C=O) groups excluding carboxylic acids is 13. The number of benzene rings is 5. The number of carboxylic acid groups (broad SMARTS) is 2. The van der Waals surface area contributed by atoms with Gasteiger partial charge in [-0.3, -0.25) is 81.7 Å². The topological polar surface area (TPSA) is 477 Å². The van der Waals surface area contributed by atoms with Crippen LogP contribution >= 0.6 is 0 Å². The zero-order valence-corrected chi connectivity index (χ0v) is 56.7. The lowest BCUT2D eigenvalue weighted by Crippen LogP contribution is -2.62. The van der Waals surface area contributed by atoms with E-state index in [0.29, 0.717) is 47.3 Å². The van der Waals surface area contributed by atoms with Crippen LogP contribution < -0.4 is 59.7 Å². The number of carboxylic acids is 2. The van der Waals surface area contributed by atoms with Crippen molar-refractivity contribution in [3.05, 3.63) is 154 Å². The van der Waals surface area contributed by atoms with Gasteiger partial charge in [0, 0.05) is 78.6 Å². The van der Waals surface area contributed by atoms with E-state index in [0.717, 1.165) is 4.90 Å². The maximum Gasteiger partial charge on any atom is 0.303 e. The monoisotopic (exact) mass is 1410 g/mol. The van der Waals surface area contributed by atoms with Gasteiger partial charge in [0.2, 0.25) is 53.2 Å². The lowest BCUT2D eigenvalue weighted by molar-refractivity contribution is -0.139. The molecule has 0 bridgehead atoms. The first kappa shape index (κ1) is 78.1. The molecule has 102 heavy (non-hydrogen) atoms. The predicted octanol–water partition coefficient (Wildman–Crippen LogP) is 0.931. The normalized spacial score (nSPS) is 14.7. The molecule has 0 spiro atoms. The van der Waals surface area contributed by atoms with E-state index in [1.165, 1.54) is 31.2 Å². The Labute approximate surface area is 587 Å². The first-order valence-corrected chi connectivity index (χ1v) is 33.8. The molecule has 0 fully saturated rings. The molecule has 5 aromatic carbocycles. The number of amides is 13. The second kappa shape index (κ2) is 37.8. The van der Waals surface area contributed by atoms with Gasteiger partial charge < -0.3 is 69.9 Å². The van der Waals surface area contributed by atoms with Crippen LogP contribution in [0.4, 0.5) is 0 Å². The molecule has 2 aliphatic heterocycles. The summed E-state index contributed by atoms with van der Waals surface area (Å²) in [7, 11) is 0. The van der Waals surface area contributed by atoms with Crippen LogP contribution in [0.15, 0.2) is 115 Å². The second-order valence-corrected chi connectivity index (χ2v) is 25.0. The van der Waals surface area contributed by atoms with E-state index in [-0.39, 0.29) is 97.6 Å². The number of rotatable bonds is 41. The minimum absolute atomic E-state index is 0.00554. The molecular formula is C72H87N13O17. The summed E-state index contributed by atoms with van der Waals surface area (Å²) in [5.74, 6) is -15.1. The molecule has 0 unspecified atom stereocenters. The molecule has 5 aromatic rings. The number of nitrogens with one attached hydrogen (secondary N) is 8. The van der Waals surface area contributed by atoms with Crippen molar-refractivity contribution >= 4 is 99.5 Å². The van der Waals surface area contributed by atoms with E-state index < -0.39 is 169 Å². The number of unbranched alkanes of at least 4 members (excludes halogenated alkanes) is 3. The molecule has 2 heterocycles.